The molecule has 7 heteroatoms. The summed E-state index contributed by atoms with van der Waals surface area (Å²) in [5.41, 5.74) is 1.61. The fraction of sp³-hybridized carbons (Fsp3) is 0.263. The van der Waals surface area contributed by atoms with Crippen LogP contribution in [0.15, 0.2) is 45.4 Å². The van der Waals surface area contributed by atoms with Crippen molar-refractivity contribution in [2.75, 3.05) is 11.9 Å². The SMILES string of the molecule is CN1c2ccccc2C(C)(C)C12C=Cc1c(c(Br)cc(Br)c1[N+](=O)[O-])O2. The Morgan fingerprint density at radius 3 is 2.54 bits per heavy atom. The molecule has 5 nitrogen and oxygen atoms in total. The molecular formula is C19H16Br2N2O3. The third kappa shape index (κ3) is 2.07. The first-order valence-electron chi connectivity index (χ1n) is 8.08. The molecule has 0 saturated carbocycles. The summed E-state index contributed by atoms with van der Waals surface area (Å²) in [6.07, 6.45) is 3.73. The van der Waals surface area contributed by atoms with Crippen molar-refractivity contribution in [2.24, 2.45) is 0 Å². The molecule has 1 unspecified atom stereocenters. The number of halogens is 2. The van der Waals surface area contributed by atoms with Crippen LogP contribution in [0.5, 0.6) is 5.75 Å². The summed E-state index contributed by atoms with van der Waals surface area (Å²) in [4.78, 5) is 13.3. The summed E-state index contributed by atoms with van der Waals surface area (Å²) >= 11 is 6.80. The molecule has 0 saturated heterocycles. The van der Waals surface area contributed by atoms with Crippen LogP contribution < -0.4 is 9.64 Å². The molecular weight excluding hydrogens is 464 g/mol. The van der Waals surface area contributed by atoms with Crippen LogP contribution in [0.25, 0.3) is 6.08 Å². The van der Waals surface area contributed by atoms with E-state index >= 15 is 0 Å². The Morgan fingerprint density at radius 2 is 1.88 bits per heavy atom. The lowest BCUT2D eigenvalue weighted by atomic mass is 9.76. The molecule has 0 bridgehead atoms. The first kappa shape index (κ1) is 17.5. The minimum Gasteiger partial charge on any atom is -0.461 e. The van der Waals surface area contributed by atoms with E-state index in [1.165, 1.54) is 5.56 Å². The standard InChI is InChI=1S/C19H16Br2N2O3/c1-18(2)12-6-4-5-7-15(12)22(3)19(18)9-8-11-16(23(24)25)13(20)10-14(21)17(11)26-19/h4-10H,1-3H3. The lowest BCUT2D eigenvalue weighted by molar-refractivity contribution is -0.386. The van der Waals surface area contributed by atoms with E-state index in [1.807, 2.05) is 25.3 Å². The maximum Gasteiger partial charge on any atom is 0.294 e. The largest absolute Gasteiger partial charge is 0.461 e. The average Bonchev–Trinajstić information content (AvgIpc) is 2.75. The summed E-state index contributed by atoms with van der Waals surface area (Å²) in [5, 5.41) is 11.5. The van der Waals surface area contributed by atoms with Gasteiger partial charge in [-0.2, -0.15) is 0 Å². The number of hydrogen-bond donors (Lipinski definition) is 0. The minimum absolute atomic E-state index is 0.00488. The number of likely N-dealkylation sites (N-methyl/N-ethyl adjacent to an activating group) is 1. The van der Waals surface area contributed by atoms with Crippen LogP contribution in [0.1, 0.15) is 25.0 Å². The van der Waals surface area contributed by atoms with Crippen molar-refractivity contribution in [2.45, 2.75) is 25.0 Å². The van der Waals surface area contributed by atoms with Crippen LogP contribution in [0.3, 0.4) is 0 Å². The van der Waals surface area contributed by atoms with E-state index in [2.05, 4.69) is 62.7 Å². The van der Waals surface area contributed by atoms with Crippen molar-refractivity contribution >= 4 is 49.3 Å². The first-order chi connectivity index (χ1) is 12.2. The normalized spacial score (nSPS) is 22.1. The van der Waals surface area contributed by atoms with Crippen molar-refractivity contribution in [1.82, 2.24) is 0 Å². The van der Waals surface area contributed by atoms with Gasteiger partial charge in [0.25, 0.3) is 5.69 Å². The number of para-hydroxylation sites is 1. The number of nitro groups is 1. The van der Waals surface area contributed by atoms with E-state index in [0.29, 0.717) is 20.3 Å². The van der Waals surface area contributed by atoms with Gasteiger partial charge in [0.15, 0.2) is 5.75 Å². The maximum absolute atomic E-state index is 11.5. The summed E-state index contributed by atoms with van der Waals surface area (Å²) in [5.74, 6) is 0.482. The topological polar surface area (TPSA) is 55.6 Å². The molecule has 2 aromatic carbocycles. The fourth-order valence-corrected chi connectivity index (χ4v) is 5.46. The fourth-order valence-electron chi connectivity index (χ4n) is 4.04. The number of hydrogen-bond acceptors (Lipinski definition) is 4. The van der Waals surface area contributed by atoms with Gasteiger partial charge in [-0.1, -0.05) is 18.2 Å². The second-order valence-corrected chi connectivity index (χ2v) is 8.73. The van der Waals surface area contributed by atoms with Crippen molar-refractivity contribution < 1.29 is 9.66 Å². The zero-order valence-electron chi connectivity index (χ0n) is 14.4. The van der Waals surface area contributed by atoms with Crippen LogP contribution in [-0.2, 0) is 5.41 Å². The van der Waals surface area contributed by atoms with Crippen molar-refractivity contribution in [3.05, 3.63) is 66.6 Å². The van der Waals surface area contributed by atoms with Crippen molar-refractivity contribution in [3.8, 4) is 5.75 Å². The molecule has 2 heterocycles. The number of ether oxygens (including phenoxy) is 1. The molecule has 0 N–H and O–H groups in total. The minimum atomic E-state index is -0.770. The Bertz CT molecular complexity index is 987. The van der Waals surface area contributed by atoms with Crippen LogP contribution in [0, 0.1) is 10.1 Å². The number of fused-ring (bicyclic) bond motifs is 2. The van der Waals surface area contributed by atoms with Gasteiger partial charge in [0.05, 0.1) is 24.8 Å². The van der Waals surface area contributed by atoms with Crippen LogP contribution in [0.2, 0.25) is 0 Å². The molecule has 1 spiro atoms. The lowest BCUT2D eigenvalue weighted by Crippen LogP contribution is -2.58. The van der Waals surface area contributed by atoms with Gasteiger partial charge >= 0.3 is 0 Å². The molecule has 0 amide bonds. The van der Waals surface area contributed by atoms with Crippen LogP contribution in [-0.4, -0.2) is 17.7 Å². The molecule has 0 aromatic heterocycles. The number of rotatable bonds is 1. The van der Waals surface area contributed by atoms with Crippen molar-refractivity contribution in [3.63, 3.8) is 0 Å². The summed E-state index contributed by atoms with van der Waals surface area (Å²) in [7, 11) is 1.99. The van der Waals surface area contributed by atoms with E-state index < -0.39 is 5.72 Å². The van der Waals surface area contributed by atoms with E-state index in [4.69, 9.17) is 4.74 Å². The highest BCUT2D eigenvalue weighted by Crippen LogP contribution is 2.56. The Morgan fingerprint density at radius 1 is 1.19 bits per heavy atom. The van der Waals surface area contributed by atoms with E-state index in [9.17, 15) is 10.1 Å². The third-order valence-corrected chi connectivity index (χ3v) is 6.64. The molecule has 2 aromatic rings. The molecule has 4 rings (SSSR count). The monoisotopic (exact) mass is 478 g/mol. The summed E-state index contributed by atoms with van der Waals surface area (Å²) in [6.45, 7) is 4.26. The Kier molecular flexibility index (Phi) is 3.76. The van der Waals surface area contributed by atoms with Crippen LogP contribution in [0.4, 0.5) is 11.4 Å². The molecule has 0 fully saturated rings. The van der Waals surface area contributed by atoms with E-state index in [1.54, 1.807) is 12.1 Å². The molecule has 2 aliphatic rings. The van der Waals surface area contributed by atoms with Gasteiger partial charge in [0.2, 0.25) is 5.72 Å². The van der Waals surface area contributed by atoms with Gasteiger partial charge in [-0.15, -0.1) is 0 Å². The predicted octanol–water partition coefficient (Wildman–Crippen LogP) is 5.65. The zero-order chi connectivity index (χ0) is 18.9. The molecule has 0 radical (unpaired) electrons. The van der Waals surface area contributed by atoms with Gasteiger partial charge in [-0.3, -0.25) is 10.1 Å². The lowest BCUT2D eigenvalue weighted by Gasteiger charge is -2.45. The van der Waals surface area contributed by atoms with Gasteiger partial charge in [-0.25, -0.2) is 0 Å². The average molecular weight is 480 g/mol. The van der Waals surface area contributed by atoms with Crippen molar-refractivity contribution in [1.29, 1.82) is 0 Å². The Labute approximate surface area is 168 Å². The van der Waals surface area contributed by atoms with E-state index in [-0.39, 0.29) is 16.0 Å². The third-order valence-electron chi connectivity index (χ3n) is 5.45. The Hall–Kier alpha value is -1.86. The zero-order valence-corrected chi connectivity index (χ0v) is 17.6. The highest BCUT2D eigenvalue weighted by molar-refractivity contribution is 9.11. The summed E-state index contributed by atoms with van der Waals surface area (Å²) < 4.78 is 7.63. The second-order valence-electron chi connectivity index (χ2n) is 7.02. The molecule has 134 valence electrons. The molecule has 1 atom stereocenters. The highest BCUT2D eigenvalue weighted by Gasteiger charge is 2.58. The maximum atomic E-state index is 11.5. The number of anilines is 1. The smallest absolute Gasteiger partial charge is 0.294 e. The second kappa shape index (κ2) is 5.57. The van der Waals surface area contributed by atoms with Crippen LogP contribution >= 0.6 is 31.9 Å². The predicted molar refractivity (Wildman–Crippen MR) is 109 cm³/mol. The molecule has 2 aliphatic heterocycles. The highest BCUT2D eigenvalue weighted by atomic mass is 79.9. The first-order valence-corrected chi connectivity index (χ1v) is 9.67. The van der Waals surface area contributed by atoms with Gasteiger partial charge in [0.1, 0.15) is 0 Å². The number of nitrogens with zero attached hydrogens (tertiary/aromatic N) is 2. The summed E-state index contributed by atoms with van der Waals surface area (Å²) in [6, 6.07) is 9.86. The quantitative estimate of drug-likeness (QED) is 0.391. The van der Waals surface area contributed by atoms with Gasteiger partial charge in [-0.05, 0) is 75.6 Å². The van der Waals surface area contributed by atoms with Gasteiger partial charge in [0, 0.05) is 12.7 Å². The number of nitro benzene ring substituents is 1. The molecule has 26 heavy (non-hydrogen) atoms. The van der Waals surface area contributed by atoms with Gasteiger partial charge < -0.3 is 9.64 Å². The van der Waals surface area contributed by atoms with E-state index in [0.717, 1.165) is 5.69 Å². The molecule has 0 aliphatic carbocycles. The Balaban J connectivity index is 1.95. The number of benzene rings is 2.